The first-order valence-corrected chi connectivity index (χ1v) is 6.82. The van der Waals surface area contributed by atoms with Gasteiger partial charge < -0.3 is 5.73 Å². The number of hydrogen-bond acceptors (Lipinski definition) is 1. The molecule has 98 valence electrons. The summed E-state index contributed by atoms with van der Waals surface area (Å²) in [5.74, 6) is 0. The SMILES string of the molecule is NC1C=CC=CC1=C(c1ccccc1)c1ccccc1. The largest absolute Gasteiger partial charge is 0.321 e. The number of hydrogen-bond donors (Lipinski definition) is 1. The molecule has 0 radical (unpaired) electrons. The van der Waals surface area contributed by atoms with Crippen LogP contribution in [0.2, 0.25) is 0 Å². The van der Waals surface area contributed by atoms with Crippen LogP contribution in [0.3, 0.4) is 0 Å². The van der Waals surface area contributed by atoms with E-state index < -0.39 is 0 Å². The molecule has 1 aliphatic rings. The molecule has 1 aliphatic carbocycles. The Morgan fingerprint density at radius 2 is 1.30 bits per heavy atom. The molecule has 2 aromatic carbocycles. The third-order valence-corrected chi connectivity index (χ3v) is 3.48. The van der Waals surface area contributed by atoms with Crippen LogP contribution in [0.5, 0.6) is 0 Å². The van der Waals surface area contributed by atoms with E-state index in [4.69, 9.17) is 5.73 Å². The third-order valence-electron chi connectivity index (χ3n) is 3.48. The van der Waals surface area contributed by atoms with E-state index in [1.165, 1.54) is 16.7 Å². The monoisotopic (exact) mass is 259 g/mol. The zero-order valence-electron chi connectivity index (χ0n) is 11.2. The number of nitrogens with two attached hydrogens (primary N) is 1. The molecule has 1 unspecified atom stereocenters. The molecule has 0 heterocycles. The summed E-state index contributed by atoms with van der Waals surface area (Å²) >= 11 is 0. The molecule has 1 nitrogen and oxygen atoms in total. The molecule has 0 amide bonds. The van der Waals surface area contributed by atoms with Crippen molar-refractivity contribution < 1.29 is 0 Å². The van der Waals surface area contributed by atoms with E-state index in [0.29, 0.717) is 0 Å². The minimum atomic E-state index is -0.0598. The molecule has 0 spiro atoms. The maximum atomic E-state index is 6.26. The third kappa shape index (κ3) is 2.49. The van der Waals surface area contributed by atoms with Crippen LogP contribution in [0.4, 0.5) is 0 Å². The summed E-state index contributed by atoms with van der Waals surface area (Å²) < 4.78 is 0. The molecule has 3 rings (SSSR count). The lowest BCUT2D eigenvalue weighted by Crippen LogP contribution is -2.21. The van der Waals surface area contributed by atoms with Crippen molar-refractivity contribution in [3.8, 4) is 0 Å². The molecule has 0 bridgehead atoms. The molecule has 20 heavy (non-hydrogen) atoms. The van der Waals surface area contributed by atoms with Gasteiger partial charge in [-0.05, 0) is 22.3 Å². The minimum absolute atomic E-state index is 0.0598. The Kier molecular flexibility index (Phi) is 3.62. The number of benzene rings is 2. The van der Waals surface area contributed by atoms with E-state index in [9.17, 15) is 0 Å². The van der Waals surface area contributed by atoms with Crippen molar-refractivity contribution in [3.05, 3.63) is 102 Å². The van der Waals surface area contributed by atoms with Gasteiger partial charge in [-0.15, -0.1) is 0 Å². The number of rotatable bonds is 2. The molecule has 1 heteroatoms. The first kappa shape index (κ1) is 12.6. The fourth-order valence-electron chi connectivity index (χ4n) is 2.52. The molecule has 0 saturated heterocycles. The Hall–Kier alpha value is -2.38. The summed E-state index contributed by atoms with van der Waals surface area (Å²) in [5.41, 5.74) is 11.0. The summed E-state index contributed by atoms with van der Waals surface area (Å²) in [4.78, 5) is 0. The van der Waals surface area contributed by atoms with E-state index in [1.54, 1.807) is 0 Å². The highest BCUT2D eigenvalue weighted by Gasteiger charge is 2.15. The Morgan fingerprint density at radius 3 is 1.80 bits per heavy atom. The van der Waals surface area contributed by atoms with Gasteiger partial charge in [0.25, 0.3) is 0 Å². The maximum Gasteiger partial charge on any atom is 0.0490 e. The predicted molar refractivity (Wildman–Crippen MR) is 85.2 cm³/mol. The quantitative estimate of drug-likeness (QED) is 0.868. The van der Waals surface area contributed by atoms with Gasteiger partial charge in [-0.2, -0.15) is 0 Å². The molecule has 0 aliphatic heterocycles. The maximum absolute atomic E-state index is 6.26. The fourth-order valence-corrected chi connectivity index (χ4v) is 2.52. The standard InChI is InChI=1S/C19H17N/c20-18-14-8-7-13-17(18)19(15-9-3-1-4-10-15)16-11-5-2-6-12-16/h1-14,18H,20H2. The highest BCUT2D eigenvalue weighted by molar-refractivity contribution is 5.84. The average Bonchev–Trinajstić information content (AvgIpc) is 2.52. The van der Waals surface area contributed by atoms with E-state index in [1.807, 2.05) is 30.4 Å². The van der Waals surface area contributed by atoms with Crippen molar-refractivity contribution in [2.75, 3.05) is 0 Å². The summed E-state index contributed by atoms with van der Waals surface area (Å²) in [6.07, 6.45) is 8.19. The summed E-state index contributed by atoms with van der Waals surface area (Å²) in [6, 6.07) is 20.8. The Bertz CT molecular complexity index is 622. The molecular formula is C19H17N. The van der Waals surface area contributed by atoms with Crippen molar-refractivity contribution in [2.45, 2.75) is 6.04 Å². The molecule has 0 aromatic heterocycles. The van der Waals surface area contributed by atoms with Crippen molar-refractivity contribution in [3.63, 3.8) is 0 Å². The van der Waals surface area contributed by atoms with Gasteiger partial charge in [0.05, 0.1) is 0 Å². The Morgan fingerprint density at radius 1 is 0.750 bits per heavy atom. The van der Waals surface area contributed by atoms with E-state index in [2.05, 4.69) is 54.6 Å². The van der Waals surface area contributed by atoms with E-state index in [0.717, 1.165) is 5.57 Å². The van der Waals surface area contributed by atoms with Gasteiger partial charge in [-0.1, -0.05) is 85.0 Å². The van der Waals surface area contributed by atoms with Crippen LogP contribution in [0.25, 0.3) is 5.57 Å². The van der Waals surface area contributed by atoms with Crippen molar-refractivity contribution in [1.29, 1.82) is 0 Å². The van der Waals surface area contributed by atoms with Crippen molar-refractivity contribution in [2.24, 2.45) is 5.73 Å². The zero-order valence-corrected chi connectivity index (χ0v) is 11.2. The molecule has 2 N–H and O–H groups in total. The first-order valence-electron chi connectivity index (χ1n) is 6.82. The van der Waals surface area contributed by atoms with Gasteiger partial charge in [0.2, 0.25) is 0 Å². The van der Waals surface area contributed by atoms with Crippen molar-refractivity contribution in [1.82, 2.24) is 0 Å². The average molecular weight is 259 g/mol. The van der Waals surface area contributed by atoms with E-state index in [-0.39, 0.29) is 6.04 Å². The van der Waals surface area contributed by atoms with Gasteiger partial charge in [0, 0.05) is 6.04 Å². The Balaban J connectivity index is 2.22. The summed E-state index contributed by atoms with van der Waals surface area (Å²) in [6.45, 7) is 0. The van der Waals surface area contributed by atoms with Crippen LogP contribution in [0.1, 0.15) is 11.1 Å². The minimum Gasteiger partial charge on any atom is -0.321 e. The summed E-state index contributed by atoms with van der Waals surface area (Å²) in [5, 5.41) is 0. The molecule has 0 saturated carbocycles. The highest BCUT2D eigenvalue weighted by Crippen LogP contribution is 2.30. The van der Waals surface area contributed by atoms with Gasteiger partial charge in [-0.25, -0.2) is 0 Å². The lowest BCUT2D eigenvalue weighted by Gasteiger charge is -2.19. The second kappa shape index (κ2) is 5.72. The second-order valence-electron chi connectivity index (χ2n) is 4.83. The van der Waals surface area contributed by atoms with Crippen molar-refractivity contribution >= 4 is 5.57 Å². The molecule has 0 fully saturated rings. The van der Waals surface area contributed by atoms with Crippen LogP contribution in [0, 0.1) is 0 Å². The topological polar surface area (TPSA) is 26.0 Å². The molecule has 1 atom stereocenters. The molecule has 2 aromatic rings. The smallest absolute Gasteiger partial charge is 0.0490 e. The van der Waals surface area contributed by atoms with Crippen LogP contribution < -0.4 is 5.73 Å². The predicted octanol–water partition coefficient (Wildman–Crippen LogP) is 3.94. The lowest BCUT2D eigenvalue weighted by atomic mass is 9.88. The lowest BCUT2D eigenvalue weighted by molar-refractivity contribution is 0.974. The Labute approximate surface area is 119 Å². The van der Waals surface area contributed by atoms with E-state index >= 15 is 0 Å². The van der Waals surface area contributed by atoms with Crippen LogP contribution >= 0.6 is 0 Å². The van der Waals surface area contributed by atoms with Gasteiger partial charge in [-0.3, -0.25) is 0 Å². The number of allylic oxidation sites excluding steroid dienone is 2. The van der Waals surface area contributed by atoms with Gasteiger partial charge >= 0.3 is 0 Å². The fraction of sp³-hybridized carbons (Fsp3) is 0.0526. The van der Waals surface area contributed by atoms with Crippen LogP contribution in [-0.2, 0) is 0 Å². The second-order valence-corrected chi connectivity index (χ2v) is 4.83. The molecular weight excluding hydrogens is 242 g/mol. The highest BCUT2D eigenvalue weighted by atomic mass is 14.6. The normalized spacial score (nSPS) is 17.2. The van der Waals surface area contributed by atoms with Crippen LogP contribution in [0.15, 0.2) is 90.5 Å². The van der Waals surface area contributed by atoms with Gasteiger partial charge in [0.1, 0.15) is 0 Å². The van der Waals surface area contributed by atoms with Gasteiger partial charge in [0.15, 0.2) is 0 Å². The zero-order chi connectivity index (χ0) is 13.8. The summed E-state index contributed by atoms with van der Waals surface area (Å²) in [7, 11) is 0. The van der Waals surface area contributed by atoms with Crippen LogP contribution in [-0.4, -0.2) is 6.04 Å². The first-order chi connectivity index (χ1) is 9.86.